The molecule has 1 unspecified atom stereocenters. The minimum Gasteiger partial charge on any atom is -0.494 e. The number of nitrogens with one attached hydrogen (secondary N) is 2. The lowest BCUT2D eigenvalue weighted by atomic mass is 10.0. The van der Waals surface area contributed by atoms with Crippen molar-refractivity contribution in [1.29, 1.82) is 0 Å². The molecule has 1 fully saturated rings. The molecule has 0 radical (unpaired) electrons. The van der Waals surface area contributed by atoms with Crippen molar-refractivity contribution in [3.63, 3.8) is 0 Å². The Morgan fingerprint density at radius 1 is 1.45 bits per heavy atom. The third kappa shape index (κ3) is 4.46. The summed E-state index contributed by atoms with van der Waals surface area (Å²) < 4.78 is 5.34. The molecule has 1 saturated heterocycles. The molecule has 0 aliphatic carbocycles. The molecule has 120 valence electrons. The van der Waals surface area contributed by atoms with Gasteiger partial charge in [0.2, 0.25) is 5.91 Å². The normalized spacial score (nSPS) is 17.2. The molecule has 1 aromatic carbocycles. The molecule has 0 spiro atoms. The summed E-state index contributed by atoms with van der Waals surface area (Å²) in [5, 5.41) is 6.05. The van der Waals surface area contributed by atoms with Gasteiger partial charge in [-0.1, -0.05) is 0 Å². The summed E-state index contributed by atoms with van der Waals surface area (Å²) in [6, 6.07) is 4.93. The Hall–Kier alpha value is -2.08. The Labute approximate surface area is 130 Å². The largest absolute Gasteiger partial charge is 0.494 e. The molecule has 0 saturated carbocycles. The summed E-state index contributed by atoms with van der Waals surface area (Å²) in [4.78, 5) is 23.6. The Morgan fingerprint density at radius 3 is 2.91 bits per heavy atom. The van der Waals surface area contributed by atoms with E-state index in [-0.39, 0.29) is 11.5 Å². The molecule has 4 N–H and O–H groups in total. The summed E-state index contributed by atoms with van der Waals surface area (Å²) in [6.45, 7) is 4.36. The number of amides is 2. The standard InChI is InChI=1S/C16H23N3O3/c1-2-22-12-4-5-14(13(9-12)16(17)21)19-15(20)6-3-11-7-8-18-10-11/h4-5,9,11,18H,2-3,6-8,10H2,1H3,(H2,17,21)(H,19,20). The van der Waals surface area contributed by atoms with Crippen molar-refractivity contribution in [3.05, 3.63) is 23.8 Å². The fourth-order valence-corrected chi connectivity index (χ4v) is 2.60. The lowest BCUT2D eigenvalue weighted by Crippen LogP contribution is -2.19. The summed E-state index contributed by atoms with van der Waals surface area (Å²) in [5.74, 6) is 0.434. The van der Waals surface area contributed by atoms with Gasteiger partial charge in [0.1, 0.15) is 5.75 Å². The highest BCUT2D eigenvalue weighted by Gasteiger charge is 2.17. The molecule has 2 rings (SSSR count). The maximum atomic E-state index is 12.0. The Bertz CT molecular complexity index is 539. The number of primary amides is 1. The molecule has 6 nitrogen and oxygen atoms in total. The summed E-state index contributed by atoms with van der Waals surface area (Å²) in [5.41, 5.74) is 6.08. The zero-order chi connectivity index (χ0) is 15.9. The first-order valence-corrected chi connectivity index (χ1v) is 7.67. The average Bonchev–Trinajstić information content (AvgIpc) is 3.00. The number of nitrogens with two attached hydrogens (primary N) is 1. The van der Waals surface area contributed by atoms with Gasteiger partial charge in [-0.25, -0.2) is 0 Å². The monoisotopic (exact) mass is 305 g/mol. The van der Waals surface area contributed by atoms with Crippen molar-refractivity contribution in [2.24, 2.45) is 11.7 Å². The lowest BCUT2D eigenvalue weighted by Gasteiger charge is -2.12. The van der Waals surface area contributed by atoms with Crippen LogP contribution < -0.4 is 21.1 Å². The van der Waals surface area contributed by atoms with Gasteiger partial charge < -0.3 is 21.1 Å². The van der Waals surface area contributed by atoms with Crippen LogP contribution >= 0.6 is 0 Å². The van der Waals surface area contributed by atoms with Crippen LogP contribution in [0.2, 0.25) is 0 Å². The zero-order valence-corrected chi connectivity index (χ0v) is 12.9. The lowest BCUT2D eigenvalue weighted by molar-refractivity contribution is -0.116. The van der Waals surface area contributed by atoms with E-state index in [4.69, 9.17) is 10.5 Å². The average molecular weight is 305 g/mol. The first kappa shape index (κ1) is 16.3. The third-order valence-corrected chi connectivity index (χ3v) is 3.78. The minimum atomic E-state index is -0.586. The van der Waals surface area contributed by atoms with Gasteiger partial charge in [-0.2, -0.15) is 0 Å². The number of ether oxygens (including phenoxy) is 1. The van der Waals surface area contributed by atoms with E-state index >= 15 is 0 Å². The molecule has 1 atom stereocenters. The minimum absolute atomic E-state index is 0.0986. The quantitative estimate of drug-likeness (QED) is 0.712. The van der Waals surface area contributed by atoms with Gasteiger partial charge in [0.25, 0.3) is 5.91 Å². The van der Waals surface area contributed by atoms with Gasteiger partial charge in [-0.05, 0) is 57.0 Å². The molecule has 22 heavy (non-hydrogen) atoms. The van der Waals surface area contributed by atoms with E-state index in [1.165, 1.54) is 0 Å². The molecular weight excluding hydrogens is 282 g/mol. The maximum absolute atomic E-state index is 12.0. The molecule has 0 bridgehead atoms. The molecule has 2 amide bonds. The Kier molecular flexibility index (Phi) is 5.77. The first-order valence-electron chi connectivity index (χ1n) is 7.67. The van der Waals surface area contributed by atoms with Crippen molar-refractivity contribution in [2.45, 2.75) is 26.2 Å². The molecule has 1 aliphatic heterocycles. The maximum Gasteiger partial charge on any atom is 0.250 e. The Morgan fingerprint density at radius 2 is 2.27 bits per heavy atom. The van der Waals surface area contributed by atoms with E-state index in [0.29, 0.717) is 30.4 Å². The van der Waals surface area contributed by atoms with Gasteiger partial charge in [0.15, 0.2) is 0 Å². The van der Waals surface area contributed by atoms with E-state index in [2.05, 4.69) is 10.6 Å². The van der Waals surface area contributed by atoms with Crippen LogP contribution in [0.5, 0.6) is 5.75 Å². The fourth-order valence-electron chi connectivity index (χ4n) is 2.60. The van der Waals surface area contributed by atoms with Crippen molar-refractivity contribution in [2.75, 3.05) is 25.0 Å². The van der Waals surface area contributed by atoms with Crippen LogP contribution in [0.25, 0.3) is 0 Å². The highest BCUT2D eigenvalue weighted by atomic mass is 16.5. The summed E-state index contributed by atoms with van der Waals surface area (Å²) in [7, 11) is 0. The molecule has 6 heteroatoms. The van der Waals surface area contributed by atoms with Crippen LogP contribution in [0.3, 0.4) is 0 Å². The van der Waals surface area contributed by atoms with Gasteiger partial charge in [-0.15, -0.1) is 0 Å². The van der Waals surface area contributed by atoms with Gasteiger partial charge >= 0.3 is 0 Å². The molecule has 0 aromatic heterocycles. The second kappa shape index (κ2) is 7.79. The van der Waals surface area contributed by atoms with Crippen LogP contribution in [0.4, 0.5) is 5.69 Å². The molecule has 1 aliphatic rings. The molecule has 1 aromatic rings. The SMILES string of the molecule is CCOc1ccc(NC(=O)CCC2CCNC2)c(C(N)=O)c1. The van der Waals surface area contributed by atoms with E-state index < -0.39 is 5.91 Å². The first-order chi connectivity index (χ1) is 10.6. The second-order valence-electron chi connectivity index (χ2n) is 5.45. The number of hydrogen-bond acceptors (Lipinski definition) is 4. The van der Waals surface area contributed by atoms with Crippen LogP contribution in [-0.2, 0) is 4.79 Å². The smallest absolute Gasteiger partial charge is 0.250 e. The zero-order valence-electron chi connectivity index (χ0n) is 12.9. The van der Waals surface area contributed by atoms with Crippen LogP contribution in [-0.4, -0.2) is 31.5 Å². The Balaban J connectivity index is 1.97. The van der Waals surface area contributed by atoms with Crippen molar-refractivity contribution in [3.8, 4) is 5.75 Å². The second-order valence-corrected chi connectivity index (χ2v) is 5.45. The van der Waals surface area contributed by atoms with E-state index in [1.807, 2.05) is 6.92 Å². The highest BCUT2D eigenvalue weighted by molar-refractivity contribution is 6.03. The number of carbonyl (C=O) groups excluding carboxylic acids is 2. The summed E-state index contributed by atoms with van der Waals surface area (Å²) >= 11 is 0. The van der Waals surface area contributed by atoms with Crippen LogP contribution in [0.15, 0.2) is 18.2 Å². The van der Waals surface area contributed by atoms with Crippen LogP contribution in [0, 0.1) is 5.92 Å². The van der Waals surface area contributed by atoms with Crippen molar-refractivity contribution < 1.29 is 14.3 Å². The number of hydrogen-bond donors (Lipinski definition) is 3. The molecule has 1 heterocycles. The van der Waals surface area contributed by atoms with Crippen molar-refractivity contribution in [1.82, 2.24) is 5.32 Å². The number of carbonyl (C=O) groups is 2. The summed E-state index contributed by atoms with van der Waals surface area (Å²) in [6.07, 6.45) is 2.41. The number of anilines is 1. The van der Waals surface area contributed by atoms with Crippen molar-refractivity contribution >= 4 is 17.5 Å². The fraction of sp³-hybridized carbons (Fsp3) is 0.500. The third-order valence-electron chi connectivity index (χ3n) is 3.78. The van der Waals surface area contributed by atoms with E-state index in [1.54, 1.807) is 18.2 Å². The highest BCUT2D eigenvalue weighted by Crippen LogP contribution is 2.23. The van der Waals surface area contributed by atoms with E-state index in [9.17, 15) is 9.59 Å². The predicted octanol–water partition coefficient (Wildman–Crippen LogP) is 1.51. The number of rotatable bonds is 7. The predicted molar refractivity (Wildman–Crippen MR) is 85.0 cm³/mol. The van der Waals surface area contributed by atoms with Gasteiger partial charge in [0.05, 0.1) is 17.9 Å². The number of benzene rings is 1. The topological polar surface area (TPSA) is 93.4 Å². The van der Waals surface area contributed by atoms with Gasteiger partial charge in [0, 0.05) is 6.42 Å². The van der Waals surface area contributed by atoms with E-state index in [0.717, 1.165) is 25.9 Å². The molecular formula is C16H23N3O3. The van der Waals surface area contributed by atoms with Crippen LogP contribution in [0.1, 0.15) is 36.5 Å². The van der Waals surface area contributed by atoms with Gasteiger partial charge in [-0.3, -0.25) is 9.59 Å².